The third-order valence-electron chi connectivity index (χ3n) is 4.37. The summed E-state index contributed by atoms with van der Waals surface area (Å²) in [7, 11) is 0. The number of aromatic nitrogens is 4. The van der Waals surface area contributed by atoms with Gasteiger partial charge in [0.25, 0.3) is 5.91 Å². The topological polar surface area (TPSA) is 99.0 Å². The number of esters is 1. The monoisotopic (exact) mass is 393 g/mol. The maximum Gasteiger partial charge on any atom is 0.338 e. The lowest BCUT2D eigenvalue weighted by Gasteiger charge is -2.19. The first-order chi connectivity index (χ1) is 13.7. The average Bonchev–Trinajstić information content (AvgIpc) is 3.22. The number of rotatable bonds is 5. The van der Waals surface area contributed by atoms with Gasteiger partial charge in [-0.1, -0.05) is 39.0 Å². The van der Waals surface area contributed by atoms with Gasteiger partial charge in [0.1, 0.15) is 6.33 Å². The zero-order chi connectivity index (χ0) is 21.0. The van der Waals surface area contributed by atoms with Gasteiger partial charge in [0.15, 0.2) is 6.10 Å². The van der Waals surface area contributed by atoms with Crippen molar-refractivity contribution in [2.45, 2.75) is 39.2 Å². The van der Waals surface area contributed by atoms with E-state index in [-0.39, 0.29) is 5.41 Å². The minimum absolute atomic E-state index is 0.0300. The zero-order valence-corrected chi connectivity index (χ0v) is 16.8. The van der Waals surface area contributed by atoms with Gasteiger partial charge in [-0.15, -0.1) is 5.10 Å². The van der Waals surface area contributed by atoms with Crippen LogP contribution >= 0.6 is 0 Å². The molecule has 29 heavy (non-hydrogen) atoms. The Bertz CT molecular complexity index is 992. The molecule has 0 fully saturated rings. The second-order valence-corrected chi connectivity index (χ2v) is 7.67. The Labute approximate surface area is 168 Å². The van der Waals surface area contributed by atoms with E-state index >= 15 is 0 Å². The third-order valence-corrected chi connectivity index (χ3v) is 4.37. The van der Waals surface area contributed by atoms with Gasteiger partial charge in [0.05, 0.1) is 11.3 Å². The third kappa shape index (κ3) is 5.04. The number of benzene rings is 2. The van der Waals surface area contributed by atoms with E-state index in [0.717, 1.165) is 5.56 Å². The maximum atomic E-state index is 12.4. The molecule has 2 aromatic carbocycles. The molecule has 0 bridgehead atoms. The van der Waals surface area contributed by atoms with E-state index in [1.807, 2.05) is 24.3 Å². The van der Waals surface area contributed by atoms with Crippen LogP contribution in [0.4, 0.5) is 5.69 Å². The summed E-state index contributed by atoms with van der Waals surface area (Å²) in [6, 6.07) is 14.2. The fourth-order valence-electron chi connectivity index (χ4n) is 2.63. The fraction of sp³-hybridized carbons (Fsp3) is 0.286. The Balaban J connectivity index is 1.62. The molecule has 0 radical (unpaired) electrons. The summed E-state index contributed by atoms with van der Waals surface area (Å²) in [6.45, 7) is 7.89. The van der Waals surface area contributed by atoms with Crippen molar-refractivity contribution in [3.8, 4) is 5.69 Å². The second kappa shape index (κ2) is 8.22. The molecule has 1 heterocycles. The van der Waals surface area contributed by atoms with Crippen LogP contribution < -0.4 is 5.32 Å². The standard InChI is InChI=1S/C21H23N5O3/c1-14(19(27)23-17-10-8-16(9-11-17)21(2,3)4)29-20(28)15-6-5-7-18(12-15)26-13-22-24-25-26/h5-14H,1-4H3,(H,23,27). The Morgan fingerprint density at radius 1 is 1.10 bits per heavy atom. The van der Waals surface area contributed by atoms with Gasteiger partial charge < -0.3 is 10.1 Å². The molecule has 1 N–H and O–H groups in total. The number of carbonyl (C=O) groups excluding carboxylic acids is 2. The zero-order valence-electron chi connectivity index (χ0n) is 16.8. The maximum absolute atomic E-state index is 12.4. The minimum atomic E-state index is -0.957. The van der Waals surface area contributed by atoms with E-state index in [9.17, 15) is 9.59 Å². The molecule has 1 atom stereocenters. The van der Waals surface area contributed by atoms with Gasteiger partial charge in [0, 0.05) is 5.69 Å². The van der Waals surface area contributed by atoms with Gasteiger partial charge in [-0.3, -0.25) is 4.79 Å². The predicted molar refractivity (Wildman–Crippen MR) is 108 cm³/mol. The van der Waals surface area contributed by atoms with Crippen LogP contribution in [0.3, 0.4) is 0 Å². The molecule has 3 aromatic rings. The van der Waals surface area contributed by atoms with E-state index in [2.05, 4.69) is 41.6 Å². The molecule has 150 valence electrons. The average molecular weight is 393 g/mol. The van der Waals surface area contributed by atoms with Crippen LogP contribution in [0, 0.1) is 0 Å². The van der Waals surface area contributed by atoms with Crippen LogP contribution in [0.1, 0.15) is 43.6 Å². The quantitative estimate of drug-likeness (QED) is 0.669. The molecule has 0 aliphatic heterocycles. The summed E-state index contributed by atoms with van der Waals surface area (Å²) in [4.78, 5) is 24.8. The van der Waals surface area contributed by atoms with E-state index in [4.69, 9.17) is 4.74 Å². The minimum Gasteiger partial charge on any atom is -0.449 e. The van der Waals surface area contributed by atoms with E-state index in [1.165, 1.54) is 17.9 Å². The van der Waals surface area contributed by atoms with Crippen molar-refractivity contribution in [1.29, 1.82) is 0 Å². The number of nitrogens with zero attached hydrogens (tertiary/aromatic N) is 4. The highest BCUT2D eigenvalue weighted by Gasteiger charge is 2.20. The van der Waals surface area contributed by atoms with Crippen LogP contribution in [0.25, 0.3) is 5.69 Å². The van der Waals surface area contributed by atoms with Crippen LogP contribution in [-0.2, 0) is 14.9 Å². The van der Waals surface area contributed by atoms with E-state index < -0.39 is 18.0 Å². The van der Waals surface area contributed by atoms with Crippen molar-refractivity contribution in [1.82, 2.24) is 20.2 Å². The molecular formula is C21H23N5O3. The van der Waals surface area contributed by atoms with Gasteiger partial charge in [-0.25, -0.2) is 9.48 Å². The first-order valence-corrected chi connectivity index (χ1v) is 9.20. The van der Waals surface area contributed by atoms with E-state index in [0.29, 0.717) is 16.9 Å². The summed E-state index contributed by atoms with van der Waals surface area (Å²) in [5.41, 5.74) is 2.75. The molecule has 1 amide bonds. The predicted octanol–water partition coefficient (Wildman–Crippen LogP) is 3.14. The first-order valence-electron chi connectivity index (χ1n) is 9.20. The highest BCUT2D eigenvalue weighted by molar-refractivity contribution is 5.97. The lowest BCUT2D eigenvalue weighted by Crippen LogP contribution is -2.30. The number of nitrogens with one attached hydrogen (secondary N) is 1. The van der Waals surface area contributed by atoms with Gasteiger partial charge >= 0.3 is 5.97 Å². The highest BCUT2D eigenvalue weighted by Crippen LogP contribution is 2.23. The van der Waals surface area contributed by atoms with Crippen molar-refractivity contribution < 1.29 is 14.3 Å². The molecule has 8 nitrogen and oxygen atoms in total. The molecule has 1 unspecified atom stereocenters. The lowest BCUT2D eigenvalue weighted by molar-refractivity contribution is -0.123. The molecule has 3 rings (SSSR count). The van der Waals surface area contributed by atoms with Crippen molar-refractivity contribution >= 4 is 17.6 Å². The summed E-state index contributed by atoms with van der Waals surface area (Å²) in [6.07, 6.45) is 0.465. The summed E-state index contributed by atoms with van der Waals surface area (Å²) >= 11 is 0. The molecule has 0 spiro atoms. The highest BCUT2D eigenvalue weighted by atomic mass is 16.5. The Morgan fingerprint density at radius 3 is 2.45 bits per heavy atom. The number of amides is 1. The van der Waals surface area contributed by atoms with E-state index in [1.54, 1.807) is 24.3 Å². The van der Waals surface area contributed by atoms with Crippen LogP contribution in [0.15, 0.2) is 54.9 Å². The smallest absolute Gasteiger partial charge is 0.338 e. The number of ether oxygens (including phenoxy) is 1. The van der Waals surface area contributed by atoms with Gasteiger partial charge in [0.2, 0.25) is 0 Å². The largest absolute Gasteiger partial charge is 0.449 e. The van der Waals surface area contributed by atoms with Gasteiger partial charge in [-0.05, 0) is 58.7 Å². The molecule has 0 aliphatic carbocycles. The Morgan fingerprint density at radius 2 is 1.83 bits per heavy atom. The number of hydrogen-bond acceptors (Lipinski definition) is 6. The molecule has 1 aromatic heterocycles. The fourth-order valence-corrected chi connectivity index (χ4v) is 2.63. The Hall–Kier alpha value is -3.55. The van der Waals surface area contributed by atoms with Crippen LogP contribution in [0.2, 0.25) is 0 Å². The first kappa shape index (κ1) is 20.2. The SMILES string of the molecule is CC(OC(=O)c1cccc(-n2cnnn2)c1)C(=O)Nc1ccc(C(C)(C)C)cc1. The summed E-state index contributed by atoms with van der Waals surface area (Å²) in [5, 5.41) is 13.7. The second-order valence-electron chi connectivity index (χ2n) is 7.67. The number of tetrazole rings is 1. The van der Waals surface area contributed by atoms with Crippen molar-refractivity contribution in [2.75, 3.05) is 5.32 Å². The summed E-state index contributed by atoms with van der Waals surface area (Å²) in [5.74, 6) is -1.01. The number of anilines is 1. The van der Waals surface area contributed by atoms with Crippen LogP contribution in [0.5, 0.6) is 0 Å². The van der Waals surface area contributed by atoms with Gasteiger partial charge in [-0.2, -0.15) is 0 Å². The molecule has 0 saturated carbocycles. The normalized spacial score (nSPS) is 12.3. The molecular weight excluding hydrogens is 370 g/mol. The number of carbonyl (C=O) groups is 2. The van der Waals surface area contributed by atoms with Crippen LogP contribution in [-0.4, -0.2) is 38.2 Å². The molecule has 8 heteroatoms. The number of hydrogen-bond donors (Lipinski definition) is 1. The molecule has 0 aliphatic rings. The van der Waals surface area contributed by atoms with Crippen molar-refractivity contribution in [2.24, 2.45) is 0 Å². The summed E-state index contributed by atoms with van der Waals surface area (Å²) < 4.78 is 6.73. The van der Waals surface area contributed by atoms with Crippen molar-refractivity contribution in [3.05, 3.63) is 66.0 Å². The van der Waals surface area contributed by atoms with Crippen molar-refractivity contribution in [3.63, 3.8) is 0 Å². The lowest BCUT2D eigenvalue weighted by atomic mass is 9.87. The Kier molecular flexibility index (Phi) is 5.72. The molecule has 0 saturated heterocycles.